The third-order valence-corrected chi connectivity index (χ3v) is 2.47. The highest BCUT2D eigenvalue weighted by molar-refractivity contribution is 9.09. The number of nitrogens with zero attached hydrogens (tertiary/aromatic N) is 1. The van der Waals surface area contributed by atoms with E-state index in [0.717, 1.165) is 10.9 Å². The van der Waals surface area contributed by atoms with Gasteiger partial charge in [-0.1, -0.05) is 28.1 Å². The maximum atomic E-state index is 11.6. The van der Waals surface area contributed by atoms with E-state index < -0.39 is 0 Å². The van der Waals surface area contributed by atoms with E-state index in [0.29, 0.717) is 13.0 Å². The van der Waals surface area contributed by atoms with Crippen molar-refractivity contribution in [1.29, 1.82) is 0 Å². The van der Waals surface area contributed by atoms with Crippen molar-refractivity contribution < 1.29 is 9.90 Å². The minimum Gasteiger partial charge on any atom is -0.508 e. The van der Waals surface area contributed by atoms with Gasteiger partial charge in [0.25, 0.3) is 0 Å². The summed E-state index contributed by atoms with van der Waals surface area (Å²) in [6, 6.07) is 6.78. The smallest absolute Gasteiger partial charge is 0.226 e. The summed E-state index contributed by atoms with van der Waals surface area (Å²) in [5, 5.41) is 10.0. The van der Waals surface area contributed by atoms with Gasteiger partial charge in [-0.05, 0) is 17.7 Å². The van der Waals surface area contributed by atoms with Crippen molar-refractivity contribution >= 4 is 21.8 Å². The summed E-state index contributed by atoms with van der Waals surface area (Å²) < 4.78 is 0. The lowest BCUT2D eigenvalue weighted by molar-refractivity contribution is -0.128. The van der Waals surface area contributed by atoms with Gasteiger partial charge in [0, 0.05) is 18.9 Å². The van der Waals surface area contributed by atoms with Crippen LogP contribution in [0.1, 0.15) is 5.56 Å². The number of amides is 1. The van der Waals surface area contributed by atoms with Gasteiger partial charge in [-0.25, -0.2) is 0 Å². The molecule has 0 saturated heterocycles. The summed E-state index contributed by atoms with van der Waals surface area (Å²) >= 11 is 3.28. The lowest BCUT2D eigenvalue weighted by Gasteiger charge is -2.15. The second-order valence-electron chi connectivity index (χ2n) is 3.35. The number of benzene rings is 1. The number of hydrogen-bond acceptors (Lipinski definition) is 2. The second-order valence-corrected chi connectivity index (χ2v) is 4.14. The molecule has 0 radical (unpaired) electrons. The van der Waals surface area contributed by atoms with E-state index in [1.807, 2.05) is 6.07 Å². The highest BCUT2D eigenvalue weighted by Crippen LogP contribution is 2.11. The Balaban J connectivity index is 2.58. The van der Waals surface area contributed by atoms with Gasteiger partial charge >= 0.3 is 0 Å². The van der Waals surface area contributed by atoms with E-state index in [9.17, 15) is 9.90 Å². The molecule has 0 aliphatic rings. The molecule has 4 heteroatoms. The number of phenols is 1. The summed E-state index contributed by atoms with van der Waals surface area (Å²) in [4.78, 5) is 13.3. The summed E-state index contributed by atoms with van der Waals surface area (Å²) in [6.45, 7) is 0.692. The molecule has 0 atom stereocenters. The van der Waals surface area contributed by atoms with E-state index in [2.05, 4.69) is 15.9 Å². The lowest BCUT2D eigenvalue weighted by Crippen LogP contribution is -2.29. The molecule has 0 saturated carbocycles. The van der Waals surface area contributed by atoms with E-state index in [4.69, 9.17) is 0 Å². The fourth-order valence-electron chi connectivity index (χ4n) is 1.23. The summed E-state index contributed by atoms with van der Waals surface area (Å²) in [6.07, 6.45) is 0.331. The minimum absolute atomic E-state index is 0.0556. The summed E-state index contributed by atoms with van der Waals surface area (Å²) in [5.41, 5.74) is 0.835. The van der Waals surface area contributed by atoms with Crippen molar-refractivity contribution in [1.82, 2.24) is 4.90 Å². The van der Waals surface area contributed by atoms with Crippen molar-refractivity contribution in [3.63, 3.8) is 0 Å². The normalized spacial score (nSPS) is 10.0. The van der Waals surface area contributed by atoms with Crippen LogP contribution in [0.4, 0.5) is 0 Å². The number of halogens is 1. The van der Waals surface area contributed by atoms with Gasteiger partial charge in [0.1, 0.15) is 5.75 Å². The fourth-order valence-corrected chi connectivity index (χ4v) is 1.76. The van der Waals surface area contributed by atoms with E-state index in [-0.39, 0.29) is 11.7 Å². The van der Waals surface area contributed by atoms with E-state index >= 15 is 0 Å². The van der Waals surface area contributed by atoms with Crippen molar-refractivity contribution in [3.05, 3.63) is 29.8 Å². The third-order valence-electron chi connectivity index (χ3n) is 2.11. The summed E-state index contributed by atoms with van der Waals surface area (Å²) in [5.74, 6) is 0.253. The number of phenolic OH excluding ortho intramolecular Hbond substituents is 1. The first kappa shape index (κ1) is 12.0. The van der Waals surface area contributed by atoms with Crippen LogP contribution in [0.3, 0.4) is 0 Å². The average molecular weight is 272 g/mol. The molecule has 0 aromatic heterocycles. The van der Waals surface area contributed by atoms with Crippen molar-refractivity contribution in [2.45, 2.75) is 6.42 Å². The van der Waals surface area contributed by atoms with Crippen LogP contribution in [0.2, 0.25) is 0 Å². The SMILES string of the molecule is CN(CCBr)C(=O)Cc1cccc(O)c1. The zero-order valence-electron chi connectivity index (χ0n) is 8.61. The Kier molecular flexibility index (Phi) is 4.62. The van der Waals surface area contributed by atoms with Gasteiger partial charge in [-0.15, -0.1) is 0 Å². The predicted molar refractivity (Wildman–Crippen MR) is 63.2 cm³/mol. The molecule has 82 valence electrons. The molecule has 0 unspecified atom stereocenters. The minimum atomic E-state index is 0.0556. The standard InChI is InChI=1S/C11H14BrNO2/c1-13(6-5-12)11(15)8-9-3-2-4-10(14)7-9/h2-4,7,14H,5-6,8H2,1H3. The van der Waals surface area contributed by atoms with Gasteiger partial charge in [0.15, 0.2) is 0 Å². The van der Waals surface area contributed by atoms with Crippen LogP contribution < -0.4 is 0 Å². The molecule has 0 spiro atoms. The number of carbonyl (C=O) groups excluding carboxylic acids is 1. The topological polar surface area (TPSA) is 40.5 Å². The number of hydrogen-bond donors (Lipinski definition) is 1. The molecular formula is C11H14BrNO2. The zero-order chi connectivity index (χ0) is 11.3. The van der Waals surface area contributed by atoms with Crippen molar-refractivity contribution in [3.8, 4) is 5.75 Å². The van der Waals surface area contributed by atoms with E-state index in [1.165, 1.54) is 0 Å². The zero-order valence-corrected chi connectivity index (χ0v) is 10.2. The van der Waals surface area contributed by atoms with E-state index in [1.54, 1.807) is 30.1 Å². The monoisotopic (exact) mass is 271 g/mol. The first-order chi connectivity index (χ1) is 7.13. The van der Waals surface area contributed by atoms with Crippen LogP contribution >= 0.6 is 15.9 Å². The molecule has 0 aliphatic heterocycles. The Hall–Kier alpha value is -1.03. The largest absolute Gasteiger partial charge is 0.508 e. The van der Waals surface area contributed by atoms with Gasteiger partial charge in [0.2, 0.25) is 5.91 Å². The first-order valence-corrected chi connectivity index (χ1v) is 5.83. The van der Waals surface area contributed by atoms with Crippen LogP contribution in [0.5, 0.6) is 5.75 Å². The average Bonchev–Trinajstić information content (AvgIpc) is 2.18. The van der Waals surface area contributed by atoms with Crippen LogP contribution in [0.25, 0.3) is 0 Å². The third kappa shape index (κ3) is 3.91. The molecule has 0 heterocycles. The van der Waals surface area contributed by atoms with Crippen LogP contribution in [-0.4, -0.2) is 34.8 Å². The number of alkyl halides is 1. The quantitative estimate of drug-likeness (QED) is 0.849. The number of carbonyl (C=O) groups is 1. The molecule has 0 fully saturated rings. The fraction of sp³-hybridized carbons (Fsp3) is 0.364. The highest BCUT2D eigenvalue weighted by Gasteiger charge is 2.08. The maximum Gasteiger partial charge on any atom is 0.226 e. The lowest BCUT2D eigenvalue weighted by atomic mass is 10.1. The summed E-state index contributed by atoms with van der Waals surface area (Å²) in [7, 11) is 1.77. The van der Waals surface area contributed by atoms with Crippen LogP contribution in [-0.2, 0) is 11.2 Å². The molecule has 1 rings (SSSR count). The molecule has 1 amide bonds. The molecule has 1 N–H and O–H groups in total. The molecule has 0 bridgehead atoms. The van der Waals surface area contributed by atoms with Gasteiger partial charge in [-0.3, -0.25) is 4.79 Å². The van der Waals surface area contributed by atoms with Crippen LogP contribution in [0, 0.1) is 0 Å². The Labute approximate surface area is 97.8 Å². The molecule has 0 aliphatic carbocycles. The predicted octanol–water partition coefficient (Wildman–Crippen LogP) is 1.79. The second kappa shape index (κ2) is 5.75. The van der Waals surface area contributed by atoms with Crippen molar-refractivity contribution in [2.24, 2.45) is 0 Å². The van der Waals surface area contributed by atoms with Gasteiger partial charge in [0.05, 0.1) is 6.42 Å². The highest BCUT2D eigenvalue weighted by atomic mass is 79.9. The number of aromatic hydroxyl groups is 1. The molecule has 1 aromatic rings. The molecule has 15 heavy (non-hydrogen) atoms. The Bertz CT molecular complexity index is 341. The molecule has 3 nitrogen and oxygen atoms in total. The maximum absolute atomic E-state index is 11.6. The Morgan fingerprint density at radius 1 is 1.53 bits per heavy atom. The molecular weight excluding hydrogens is 258 g/mol. The Morgan fingerprint density at radius 3 is 2.87 bits per heavy atom. The van der Waals surface area contributed by atoms with Gasteiger partial charge < -0.3 is 10.0 Å². The number of rotatable bonds is 4. The number of likely N-dealkylation sites (N-methyl/N-ethyl adjacent to an activating group) is 1. The van der Waals surface area contributed by atoms with Crippen molar-refractivity contribution in [2.75, 3.05) is 18.9 Å². The molecule has 1 aromatic carbocycles. The Morgan fingerprint density at radius 2 is 2.27 bits per heavy atom. The van der Waals surface area contributed by atoms with Gasteiger partial charge in [-0.2, -0.15) is 0 Å². The van der Waals surface area contributed by atoms with Crippen LogP contribution in [0.15, 0.2) is 24.3 Å². The first-order valence-electron chi connectivity index (χ1n) is 4.71.